The molecule has 28 heavy (non-hydrogen) atoms. The summed E-state index contributed by atoms with van der Waals surface area (Å²) in [7, 11) is -3.45. The van der Waals surface area contributed by atoms with Crippen molar-refractivity contribution in [1.29, 1.82) is 0 Å². The summed E-state index contributed by atoms with van der Waals surface area (Å²) >= 11 is 0. The molecule has 3 rings (SSSR count). The number of furan rings is 1. The van der Waals surface area contributed by atoms with Gasteiger partial charge in [0.25, 0.3) is 5.91 Å². The highest BCUT2D eigenvalue weighted by molar-refractivity contribution is 7.92. The van der Waals surface area contributed by atoms with Crippen molar-refractivity contribution in [2.24, 2.45) is 5.10 Å². The van der Waals surface area contributed by atoms with Gasteiger partial charge >= 0.3 is 0 Å². The molecule has 0 aliphatic carbocycles. The number of amides is 1. The normalized spacial score (nSPS) is 11.5. The first-order valence-electron chi connectivity index (χ1n) is 8.42. The molecule has 3 aromatic rings. The number of para-hydroxylation sites is 1. The molecule has 0 saturated heterocycles. The number of hydrazone groups is 1. The number of rotatable bonds is 7. The zero-order valence-electron chi connectivity index (χ0n) is 15.1. The fourth-order valence-corrected chi connectivity index (χ4v) is 3.39. The van der Waals surface area contributed by atoms with Crippen LogP contribution < -0.4 is 9.73 Å². The van der Waals surface area contributed by atoms with Gasteiger partial charge in [-0.3, -0.25) is 9.10 Å². The predicted molar refractivity (Wildman–Crippen MR) is 108 cm³/mol. The van der Waals surface area contributed by atoms with E-state index in [0.717, 1.165) is 5.56 Å². The van der Waals surface area contributed by atoms with E-state index in [0.29, 0.717) is 17.0 Å². The summed E-state index contributed by atoms with van der Waals surface area (Å²) in [6.07, 6.45) is 4.08. The molecule has 0 saturated carbocycles. The lowest BCUT2D eigenvalue weighted by Crippen LogP contribution is -2.29. The molecule has 0 atom stereocenters. The molecule has 0 fully saturated rings. The third-order valence-electron chi connectivity index (χ3n) is 3.89. The zero-order chi connectivity index (χ0) is 20.0. The number of nitrogens with zero attached hydrogens (tertiary/aromatic N) is 2. The quantitative estimate of drug-likeness (QED) is 0.490. The standard InChI is InChI=1S/C20H19N3O4S/c1-28(25,26)23(18-6-3-2-4-7-18)15-16-9-11-17(12-10-16)20(24)22-21-14-19-8-5-13-27-19/h2-14H,15H2,1H3,(H,22,24). The van der Waals surface area contributed by atoms with Crippen molar-refractivity contribution in [3.63, 3.8) is 0 Å². The van der Waals surface area contributed by atoms with Gasteiger partial charge in [0.05, 0.1) is 31.0 Å². The van der Waals surface area contributed by atoms with E-state index >= 15 is 0 Å². The van der Waals surface area contributed by atoms with Crippen molar-refractivity contribution in [2.75, 3.05) is 10.6 Å². The molecule has 7 nitrogen and oxygen atoms in total. The summed E-state index contributed by atoms with van der Waals surface area (Å²) in [5.74, 6) is 0.148. The smallest absolute Gasteiger partial charge is 0.271 e. The molecule has 0 aliphatic rings. The van der Waals surface area contributed by atoms with E-state index in [9.17, 15) is 13.2 Å². The second-order valence-electron chi connectivity index (χ2n) is 6.02. The number of sulfonamides is 1. The molecule has 2 aromatic carbocycles. The Hall–Kier alpha value is -3.39. The molecule has 1 N–H and O–H groups in total. The van der Waals surface area contributed by atoms with Crippen LogP contribution >= 0.6 is 0 Å². The SMILES string of the molecule is CS(=O)(=O)N(Cc1ccc(C(=O)NN=Cc2ccco2)cc1)c1ccccc1. The van der Waals surface area contributed by atoms with Crippen LogP contribution in [0.1, 0.15) is 21.7 Å². The first-order valence-corrected chi connectivity index (χ1v) is 10.3. The maximum Gasteiger partial charge on any atom is 0.271 e. The van der Waals surface area contributed by atoms with Crippen molar-refractivity contribution < 1.29 is 17.6 Å². The lowest BCUT2D eigenvalue weighted by atomic mass is 10.1. The van der Waals surface area contributed by atoms with Gasteiger partial charge in [-0.2, -0.15) is 5.10 Å². The molecular formula is C20H19N3O4S. The van der Waals surface area contributed by atoms with E-state index in [2.05, 4.69) is 10.5 Å². The van der Waals surface area contributed by atoms with E-state index in [-0.39, 0.29) is 12.5 Å². The van der Waals surface area contributed by atoms with Crippen LogP contribution in [-0.2, 0) is 16.6 Å². The Morgan fingerprint density at radius 3 is 2.39 bits per heavy atom. The summed E-state index contributed by atoms with van der Waals surface area (Å²) in [6, 6.07) is 19.0. The van der Waals surface area contributed by atoms with Gasteiger partial charge in [-0.25, -0.2) is 13.8 Å². The average Bonchev–Trinajstić information content (AvgIpc) is 3.20. The van der Waals surface area contributed by atoms with Crippen LogP contribution in [0, 0.1) is 0 Å². The minimum Gasteiger partial charge on any atom is -0.463 e. The van der Waals surface area contributed by atoms with Gasteiger partial charge in [0.2, 0.25) is 10.0 Å². The van der Waals surface area contributed by atoms with Crippen LogP contribution in [0.4, 0.5) is 5.69 Å². The molecule has 0 aliphatic heterocycles. The van der Waals surface area contributed by atoms with Gasteiger partial charge in [0, 0.05) is 5.56 Å². The molecule has 1 heterocycles. The maximum atomic E-state index is 12.2. The molecule has 1 amide bonds. The Kier molecular flexibility index (Phi) is 5.90. The largest absolute Gasteiger partial charge is 0.463 e. The topological polar surface area (TPSA) is 92.0 Å². The van der Waals surface area contributed by atoms with E-state index < -0.39 is 10.0 Å². The number of anilines is 1. The maximum absolute atomic E-state index is 12.2. The van der Waals surface area contributed by atoms with Gasteiger partial charge in [0.1, 0.15) is 5.76 Å². The summed E-state index contributed by atoms with van der Waals surface area (Å²) in [5, 5.41) is 3.83. The minimum absolute atomic E-state index is 0.168. The predicted octanol–water partition coefficient (Wildman–Crippen LogP) is 3.01. The molecule has 144 valence electrons. The van der Waals surface area contributed by atoms with E-state index in [1.165, 1.54) is 23.0 Å². The Labute approximate surface area is 163 Å². The van der Waals surface area contributed by atoms with Crippen LogP contribution in [0.5, 0.6) is 0 Å². The summed E-state index contributed by atoms with van der Waals surface area (Å²) < 4.78 is 30.7. The Morgan fingerprint density at radius 2 is 1.79 bits per heavy atom. The molecule has 1 aromatic heterocycles. The summed E-state index contributed by atoms with van der Waals surface area (Å²) in [5.41, 5.74) is 4.16. The second kappa shape index (κ2) is 8.53. The molecule has 0 unspecified atom stereocenters. The highest BCUT2D eigenvalue weighted by atomic mass is 32.2. The third kappa shape index (κ3) is 5.08. The number of carbonyl (C=O) groups excluding carboxylic acids is 1. The highest BCUT2D eigenvalue weighted by Gasteiger charge is 2.17. The Bertz CT molecular complexity index is 1040. The van der Waals surface area contributed by atoms with E-state index in [4.69, 9.17) is 4.42 Å². The first-order chi connectivity index (χ1) is 13.4. The van der Waals surface area contributed by atoms with Crippen molar-refractivity contribution in [2.45, 2.75) is 6.54 Å². The third-order valence-corrected chi connectivity index (χ3v) is 5.03. The van der Waals surface area contributed by atoms with Gasteiger partial charge in [0.15, 0.2) is 0 Å². The van der Waals surface area contributed by atoms with Crippen LogP contribution in [0.15, 0.2) is 82.5 Å². The van der Waals surface area contributed by atoms with Crippen LogP contribution in [0.25, 0.3) is 0 Å². The molecular weight excluding hydrogens is 378 g/mol. The Balaban J connectivity index is 1.68. The van der Waals surface area contributed by atoms with E-state index in [1.54, 1.807) is 60.7 Å². The molecule has 0 radical (unpaired) electrons. The van der Waals surface area contributed by atoms with Crippen molar-refractivity contribution in [3.8, 4) is 0 Å². The fourth-order valence-electron chi connectivity index (χ4n) is 2.51. The van der Waals surface area contributed by atoms with Crippen molar-refractivity contribution in [1.82, 2.24) is 5.43 Å². The van der Waals surface area contributed by atoms with Crippen LogP contribution in [0.3, 0.4) is 0 Å². The highest BCUT2D eigenvalue weighted by Crippen LogP contribution is 2.20. The lowest BCUT2D eigenvalue weighted by Gasteiger charge is -2.22. The number of benzene rings is 2. The monoisotopic (exact) mass is 397 g/mol. The minimum atomic E-state index is -3.45. The van der Waals surface area contributed by atoms with Gasteiger partial charge in [-0.15, -0.1) is 0 Å². The van der Waals surface area contributed by atoms with Gasteiger partial charge in [-0.1, -0.05) is 30.3 Å². The van der Waals surface area contributed by atoms with Gasteiger partial charge < -0.3 is 4.42 Å². The molecule has 0 spiro atoms. The summed E-state index contributed by atoms with van der Waals surface area (Å²) in [4.78, 5) is 12.1. The number of hydrogen-bond donors (Lipinski definition) is 1. The van der Waals surface area contributed by atoms with Crippen LogP contribution in [-0.4, -0.2) is 26.8 Å². The average molecular weight is 397 g/mol. The van der Waals surface area contributed by atoms with E-state index in [1.807, 2.05) is 6.07 Å². The number of nitrogens with one attached hydrogen (secondary N) is 1. The number of hydrogen-bond acceptors (Lipinski definition) is 5. The summed E-state index contributed by atoms with van der Waals surface area (Å²) in [6.45, 7) is 0.168. The Morgan fingerprint density at radius 1 is 1.07 bits per heavy atom. The van der Waals surface area contributed by atoms with Crippen molar-refractivity contribution in [3.05, 3.63) is 89.9 Å². The van der Waals surface area contributed by atoms with Crippen LogP contribution in [0.2, 0.25) is 0 Å². The van der Waals surface area contributed by atoms with Gasteiger partial charge in [-0.05, 0) is 42.0 Å². The number of carbonyl (C=O) groups is 1. The first kappa shape index (κ1) is 19.4. The van der Waals surface area contributed by atoms with Crippen molar-refractivity contribution >= 4 is 27.8 Å². The fraction of sp³-hybridized carbons (Fsp3) is 0.100. The zero-order valence-corrected chi connectivity index (χ0v) is 16.0. The lowest BCUT2D eigenvalue weighted by molar-refractivity contribution is 0.0955. The molecule has 0 bridgehead atoms. The second-order valence-corrected chi connectivity index (χ2v) is 7.92. The molecule has 8 heteroatoms.